The van der Waals surface area contributed by atoms with Gasteiger partial charge in [-0.3, -0.25) is 4.79 Å². The molecule has 0 aromatic carbocycles. The zero-order valence-electron chi connectivity index (χ0n) is 6.16. The van der Waals surface area contributed by atoms with Gasteiger partial charge in [-0.15, -0.1) is 0 Å². The van der Waals surface area contributed by atoms with Crippen LogP contribution in [0, 0.1) is 4.91 Å². The van der Waals surface area contributed by atoms with E-state index in [2.05, 4.69) is 9.91 Å². The summed E-state index contributed by atoms with van der Waals surface area (Å²) in [6, 6.07) is -0.293. The van der Waals surface area contributed by atoms with Gasteiger partial charge in [-0.05, 0) is 13.3 Å². The first-order chi connectivity index (χ1) is 4.70. The van der Waals surface area contributed by atoms with Crippen LogP contribution in [0.5, 0.6) is 0 Å². The average molecular weight is 145 g/mol. The number of esters is 1. The Balaban J connectivity index is 3.34. The summed E-state index contributed by atoms with van der Waals surface area (Å²) in [7, 11) is 1.32. The lowest BCUT2D eigenvalue weighted by molar-refractivity contribution is -0.140. The van der Waals surface area contributed by atoms with Crippen molar-refractivity contribution in [2.24, 2.45) is 5.18 Å². The van der Waals surface area contributed by atoms with Gasteiger partial charge in [0.05, 0.1) is 13.2 Å². The van der Waals surface area contributed by atoms with Crippen molar-refractivity contribution in [1.82, 2.24) is 0 Å². The molecule has 0 heterocycles. The first kappa shape index (κ1) is 9.07. The highest BCUT2D eigenvalue weighted by atomic mass is 16.5. The van der Waals surface area contributed by atoms with E-state index in [0.717, 1.165) is 0 Å². The second kappa shape index (κ2) is 4.90. The van der Waals surface area contributed by atoms with Crippen LogP contribution in [0.15, 0.2) is 5.18 Å². The quantitative estimate of drug-likeness (QED) is 0.439. The molecule has 0 aromatic heterocycles. The minimum absolute atomic E-state index is 0.267. The normalized spacial score (nSPS) is 12.2. The summed E-state index contributed by atoms with van der Waals surface area (Å²) in [5, 5.41) is 2.74. The Kier molecular flexibility index (Phi) is 4.45. The van der Waals surface area contributed by atoms with E-state index in [1.165, 1.54) is 7.11 Å². The molecule has 0 aliphatic rings. The molecule has 58 valence electrons. The summed E-state index contributed by atoms with van der Waals surface area (Å²) in [6.45, 7) is 1.66. The lowest BCUT2D eigenvalue weighted by Gasteiger charge is -1.99. The molecule has 0 aromatic rings. The van der Waals surface area contributed by atoms with Crippen LogP contribution in [-0.2, 0) is 9.53 Å². The van der Waals surface area contributed by atoms with Gasteiger partial charge in [-0.25, -0.2) is 0 Å². The van der Waals surface area contributed by atoms with Crippen molar-refractivity contribution >= 4 is 5.97 Å². The molecule has 0 rings (SSSR count). The van der Waals surface area contributed by atoms with Gasteiger partial charge in [0.15, 0.2) is 0 Å². The van der Waals surface area contributed by atoms with Gasteiger partial charge < -0.3 is 4.74 Å². The third-order valence-electron chi connectivity index (χ3n) is 1.17. The zero-order chi connectivity index (χ0) is 7.98. The number of nitroso groups, excluding NO2 is 1. The van der Waals surface area contributed by atoms with Crippen LogP contribution in [0.3, 0.4) is 0 Å². The molecule has 0 radical (unpaired) electrons. The fourth-order valence-corrected chi connectivity index (χ4v) is 0.482. The zero-order valence-corrected chi connectivity index (χ0v) is 6.16. The van der Waals surface area contributed by atoms with Crippen LogP contribution >= 0.6 is 0 Å². The van der Waals surface area contributed by atoms with Crippen LogP contribution in [0.25, 0.3) is 0 Å². The van der Waals surface area contributed by atoms with Crippen LogP contribution in [0.1, 0.15) is 19.8 Å². The predicted molar refractivity (Wildman–Crippen MR) is 36.5 cm³/mol. The summed E-state index contributed by atoms with van der Waals surface area (Å²) in [4.78, 5) is 20.3. The molecule has 10 heavy (non-hydrogen) atoms. The molecule has 0 fully saturated rings. The van der Waals surface area contributed by atoms with Crippen molar-refractivity contribution in [2.45, 2.75) is 25.8 Å². The Morgan fingerprint density at radius 1 is 1.70 bits per heavy atom. The van der Waals surface area contributed by atoms with Gasteiger partial charge in [0.25, 0.3) is 0 Å². The van der Waals surface area contributed by atoms with Crippen LogP contribution in [0.2, 0.25) is 0 Å². The lowest BCUT2D eigenvalue weighted by atomic mass is 10.2. The number of hydrogen-bond acceptors (Lipinski definition) is 4. The maximum absolute atomic E-state index is 10.5. The maximum atomic E-state index is 10.5. The first-order valence-electron chi connectivity index (χ1n) is 3.10. The van der Waals surface area contributed by atoms with Crippen LogP contribution in [-0.4, -0.2) is 19.1 Å². The number of hydrogen-bond donors (Lipinski definition) is 0. The second-order valence-corrected chi connectivity index (χ2v) is 2.07. The van der Waals surface area contributed by atoms with Crippen molar-refractivity contribution in [2.75, 3.05) is 7.11 Å². The third kappa shape index (κ3) is 4.00. The molecule has 0 N–H and O–H groups in total. The molecule has 0 aliphatic carbocycles. The maximum Gasteiger partial charge on any atom is 0.305 e. The van der Waals surface area contributed by atoms with Gasteiger partial charge >= 0.3 is 5.97 Å². The molecule has 0 saturated heterocycles. The van der Waals surface area contributed by atoms with Crippen molar-refractivity contribution in [1.29, 1.82) is 0 Å². The van der Waals surface area contributed by atoms with Crippen molar-refractivity contribution in [3.05, 3.63) is 4.91 Å². The Hall–Kier alpha value is -0.930. The smallest absolute Gasteiger partial charge is 0.305 e. The SMILES string of the molecule is COC(=O)CCC(C)N=O. The van der Waals surface area contributed by atoms with E-state index >= 15 is 0 Å². The molecule has 1 atom stereocenters. The van der Waals surface area contributed by atoms with Crippen LogP contribution in [0.4, 0.5) is 0 Å². The van der Waals surface area contributed by atoms with E-state index in [1.807, 2.05) is 0 Å². The number of carbonyl (C=O) groups is 1. The summed E-state index contributed by atoms with van der Waals surface area (Å²) in [6.07, 6.45) is 0.736. The highest BCUT2D eigenvalue weighted by molar-refractivity contribution is 5.69. The standard InChI is InChI=1S/C6H11NO3/c1-5(7-9)3-4-6(8)10-2/h5H,3-4H2,1-2H3. The Bertz CT molecular complexity index is 124. The predicted octanol–water partition coefficient (Wildman–Crippen LogP) is 1.09. The fourth-order valence-electron chi connectivity index (χ4n) is 0.482. The second-order valence-electron chi connectivity index (χ2n) is 2.07. The highest BCUT2D eigenvalue weighted by Gasteiger charge is 2.05. The summed E-state index contributed by atoms with van der Waals surface area (Å²) in [5.41, 5.74) is 0. The molecule has 0 amide bonds. The van der Waals surface area contributed by atoms with Crippen molar-refractivity contribution < 1.29 is 9.53 Å². The van der Waals surface area contributed by atoms with E-state index < -0.39 is 0 Å². The van der Waals surface area contributed by atoms with E-state index in [4.69, 9.17) is 0 Å². The van der Waals surface area contributed by atoms with Gasteiger partial charge in [-0.1, -0.05) is 5.18 Å². The van der Waals surface area contributed by atoms with Crippen molar-refractivity contribution in [3.63, 3.8) is 0 Å². The lowest BCUT2D eigenvalue weighted by Crippen LogP contribution is -2.04. The fraction of sp³-hybridized carbons (Fsp3) is 0.833. The van der Waals surface area contributed by atoms with E-state index in [-0.39, 0.29) is 18.4 Å². The van der Waals surface area contributed by atoms with E-state index in [1.54, 1.807) is 6.92 Å². The third-order valence-corrected chi connectivity index (χ3v) is 1.17. The molecule has 0 spiro atoms. The minimum Gasteiger partial charge on any atom is -0.469 e. The molecule has 1 unspecified atom stereocenters. The molecule has 0 saturated carbocycles. The summed E-state index contributed by atoms with van der Waals surface area (Å²) >= 11 is 0. The van der Waals surface area contributed by atoms with Gasteiger partial charge in [0.1, 0.15) is 0 Å². The minimum atomic E-state index is -0.296. The number of carbonyl (C=O) groups excluding carboxylic acids is 1. The van der Waals surface area contributed by atoms with Gasteiger partial charge in [0.2, 0.25) is 0 Å². The van der Waals surface area contributed by atoms with Crippen LogP contribution < -0.4 is 0 Å². The average Bonchev–Trinajstić information content (AvgIpc) is 1.99. The van der Waals surface area contributed by atoms with Gasteiger partial charge in [-0.2, -0.15) is 4.91 Å². The molecular formula is C6H11NO3. The number of nitrogens with zero attached hydrogens (tertiary/aromatic N) is 1. The molecule has 4 heteroatoms. The van der Waals surface area contributed by atoms with Crippen molar-refractivity contribution in [3.8, 4) is 0 Å². The topological polar surface area (TPSA) is 55.7 Å². The highest BCUT2D eigenvalue weighted by Crippen LogP contribution is 2.00. The largest absolute Gasteiger partial charge is 0.469 e. The Labute approximate surface area is 59.5 Å². The summed E-state index contributed by atoms with van der Waals surface area (Å²) in [5.74, 6) is -0.296. The monoisotopic (exact) mass is 145 g/mol. The van der Waals surface area contributed by atoms with Gasteiger partial charge in [0, 0.05) is 6.42 Å². The molecule has 4 nitrogen and oxygen atoms in total. The number of ether oxygens (including phenoxy) is 1. The Morgan fingerprint density at radius 2 is 2.30 bits per heavy atom. The first-order valence-corrected chi connectivity index (χ1v) is 3.10. The van der Waals surface area contributed by atoms with E-state index in [9.17, 15) is 9.70 Å². The molecule has 0 aliphatic heterocycles. The number of rotatable bonds is 4. The Morgan fingerprint density at radius 3 is 2.70 bits per heavy atom. The molecule has 0 bridgehead atoms. The number of methoxy groups -OCH3 is 1. The molecular weight excluding hydrogens is 134 g/mol. The van der Waals surface area contributed by atoms with E-state index in [0.29, 0.717) is 6.42 Å². The summed E-state index contributed by atoms with van der Waals surface area (Å²) < 4.78 is 4.36.